The number of carbonyl (C=O) groups is 1. The molecule has 1 unspecified atom stereocenters. The molecule has 0 radical (unpaired) electrons. The van der Waals surface area contributed by atoms with Crippen molar-refractivity contribution in [2.24, 2.45) is 0 Å². The molecule has 3 aliphatic rings. The van der Waals surface area contributed by atoms with Crippen molar-refractivity contribution in [3.63, 3.8) is 0 Å². The summed E-state index contributed by atoms with van der Waals surface area (Å²) in [5, 5.41) is 16.5. The highest BCUT2D eigenvalue weighted by Crippen LogP contribution is 2.39. The fourth-order valence-corrected chi connectivity index (χ4v) is 3.78. The number of hydrogen-bond acceptors (Lipinski definition) is 3. The minimum Gasteiger partial charge on any atom is -0.393 e. The monoisotopic (exact) mass is 252 g/mol. The minimum absolute atomic E-state index is 0.0609. The number of rotatable bonds is 2. The summed E-state index contributed by atoms with van der Waals surface area (Å²) in [6.07, 6.45) is 9.03. The molecule has 3 N–H and O–H groups in total. The molecule has 2 saturated carbocycles. The molecule has 3 fully saturated rings. The fourth-order valence-electron chi connectivity index (χ4n) is 3.78. The second-order valence-corrected chi connectivity index (χ2v) is 6.32. The van der Waals surface area contributed by atoms with Gasteiger partial charge in [-0.2, -0.15) is 0 Å². The second-order valence-electron chi connectivity index (χ2n) is 6.32. The van der Waals surface area contributed by atoms with Crippen LogP contribution in [0.1, 0.15) is 57.8 Å². The molecule has 1 amide bonds. The first-order chi connectivity index (χ1) is 8.68. The summed E-state index contributed by atoms with van der Waals surface area (Å²) in [4.78, 5) is 11.6. The molecule has 1 heterocycles. The van der Waals surface area contributed by atoms with Crippen LogP contribution in [0.15, 0.2) is 0 Å². The molecule has 0 bridgehead atoms. The Balaban J connectivity index is 1.59. The Bertz CT molecular complexity index is 320. The van der Waals surface area contributed by atoms with Crippen molar-refractivity contribution >= 4 is 5.91 Å². The van der Waals surface area contributed by atoms with Gasteiger partial charge in [0.05, 0.1) is 11.6 Å². The van der Waals surface area contributed by atoms with Crippen LogP contribution in [0.4, 0.5) is 0 Å². The number of piperidine rings is 1. The van der Waals surface area contributed by atoms with Gasteiger partial charge in [-0.1, -0.05) is 0 Å². The quantitative estimate of drug-likeness (QED) is 0.689. The van der Waals surface area contributed by atoms with Crippen molar-refractivity contribution in [3.8, 4) is 0 Å². The van der Waals surface area contributed by atoms with Crippen LogP contribution >= 0.6 is 0 Å². The van der Waals surface area contributed by atoms with Crippen LogP contribution in [0, 0.1) is 0 Å². The number of aliphatic hydroxyl groups is 1. The van der Waals surface area contributed by atoms with Crippen molar-refractivity contribution in [2.45, 2.75) is 81.5 Å². The molecule has 3 rings (SSSR count). The van der Waals surface area contributed by atoms with Gasteiger partial charge in [0.15, 0.2) is 0 Å². The van der Waals surface area contributed by atoms with E-state index in [1.807, 2.05) is 0 Å². The molecule has 4 nitrogen and oxygen atoms in total. The van der Waals surface area contributed by atoms with Gasteiger partial charge in [0.2, 0.25) is 5.91 Å². The van der Waals surface area contributed by atoms with E-state index in [1.54, 1.807) is 0 Å². The Kier molecular flexibility index (Phi) is 3.32. The zero-order valence-corrected chi connectivity index (χ0v) is 11.0. The normalized spacial score (nSPS) is 39.2. The van der Waals surface area contributed by atoms with Crippen LogP contribution in [0.2, 0.25) is 0 Å². The number of nitrogens with one attached hydrogen (secondary N) is 2. The summed E-state index contributed by atoms with van der Waals surface area (Å²) < 4.78 is 0. The SMILES string of the molecule is O=C1CCC(NC2CCC(O)CC2)C2(CCC2)N1. The standard InChI is InChI=1S/C14H24N2O2/c17-11-4-2-10(3-5-11)15-12-6-7-13(18)16-14(12)8-1-9-14/h10-12,15,17H,1-9H2,(H,16,18). The van der Waals surface area contributed by atoms with Crippen LogP contribution in [0.25, 0.3) is 0 Å². The van der Waals surface area contributed by atoms with Gasteiger partial charge in [-0.05, 0) is 51.4 Å². The zero-order chi connectivity index (χ0) is 12.6. The topological polar surface area (TPSA) is 61.4 Å². The lowest BCUT2D eigenvalue weighted by Gasteiger charge is -2.52. The largest absolute Gasteiger partial charge is 0.393 e. The van der Waals surface area contributed by atoms with Crippen molar-refractivity contribution in [2.75, 3.05) is 0 Å². The van der Waals surface area contributed by atoms with Crippen LogP contribution < -0.4 is 10.6 Å². The Hall–Kier alpha value is -0.610. The molecule has 1 saturated heterocycles. The number of amides is 1. The number of aliphatic hydroxyl groups excluding tert-OH is 1. The lowest BCUT2D eigenvalue weighted by atomic mass is 9.68. The Morgan fingerprint density at radius 3 is 2.50 bits per heavy atom. The van der Waals surface area contributed by atoms with Crippen LogP contribution in [-0.2, 0) is 4.79 Å². The molecular formula is C14H24N2O2. The summed E-state index contributed by atoms with van der Waals surface area (Å²) >= 11 is 0. The second kappa shape index (κ2) is 4.82. The highest BCUT2D eigenvalue weighted by Gasteiger charge is 2.48. The van der Waals surface area contributed by atoms with Gasteiger partial charge in [-0.15, -0.1) is 0 Å². The molecule has 1 spiro atoms. The van der Waals surface area contributed by atoms with E-state index >= 15 is 0 Å². The van der Waals surface area contributed by atoms with Gasteiger partial charge < -0.3 is 15.7 Å². The average molecular weight is 252 g/mol. The Morgan fingerprint density at radius 2 is 1.89 bits per heavy atom. The van der Waals surface area contributed by atoms with E-state index in [-0.39, 0.29) is 17.6 Å². The first-order valence-corrected chi connectivity index (χ1v) is 7.43. The predicted molar refractivity (Wildman–Crippen MR) is 69.1 cm³/mol. The van der Waals surface area contributed by atoms with Crippen LogP contribution in [0.5, 0.6) is 0 Å². The highest BCUT2D eigenvalue weighted by molar-refractivity contribution is 5.78. The first kappa shape index (κ1) is 12.4. The Morgan fingerprint density at radius 1 is 1.17 bits per heavy atom. The van der Waals surface area contributed by atoms with E-state index in [0.29, 0.717) is 18.5 Å². The van der Waals surface area contributed by atoms with E-state index in [0.717, 1.165) is 44.9 Å². The minimum atomic E-state index is -0.0910. The summed E-state index contributed by atoms with van der Waals surface area (Å²) in [7, 11) is 0. The first-order valence-electron chi connectivity index (χ1n) is 7.43. The molecule has 2 aliphatic carbocycles. The molecule has 1 atom stereocenters. The average Bonchev–Trinajstić information content (AvgIpc) is 2.32. The summed E-state index contributed by atoms with van der Waals surface area (Å²) in [6.45, 7) is 0. The van der Waals surface area contributed by atoms with Crippen LogP contribution in [0.3, 0.4) is 0 Å². The molecule has 0 aromatic heterocycles. The van der Waals surface area contributed by atoms with E-state index in [4.69, 9.17) is 0 Å². The highest BCUT2D eigenvalue weighted by atomic mass is 16.3. The molecule has 0 aromatic rings. The Labute approximate surface area is 109 Å². The lowest BCUT2D eigenvalue weighted by molar-refractivity contribution is -0.128. The third-order valence-corrected chi connectivity index (χ3v) is 5.09. The van der Waals surface area contributed by atoms with Crippen molar-refractivity contribution in [1.82, 2.24) is 10.6 Å². The fraction of sp³-hybridized carbons (Fsp3) is 0.929. The van der Waals surface area contributed by atoms with Gasteiger partial charge in [0.25, 0.3) is 0 Å². The summed E-state index contributed by atoms with van der Waals surface area (Å²) in [5.74, 6) is 0.229. The summed E-state index contributed by atoms with van der Waals surface area (Å²) in [6, 6.07) is 0.982. The number of carbonyl (C=O) groups excluding carboxylic acids is 1. The zero-order valence-electron chi connectivity index (χ0n) is 11.0. The third-order valence-electron chi connectivity index (χ3n) is 5.09. The van der Waals surface area contributed by atoms with E-state index in [9.17, 15) is 9.90 Å². The van der Waals surface area contributed by atoms with Gasteiger partial charge in [-0.25, -0.2) is 0 Å². The predicted octanol–water partition coefficient (Wildman–Crippen LogP) is 1.08. The van der Waals surface area contributed by atoms with Gasteiger partial charge in [-0.3, -0.25) is 4.79 Å². The van der Waals surface area contributed by atoms with Gasteiger partial charge in [0, 0.05) is 18.5 Å². The lowest BCUT2D eigenvalue weighted by Crippen LogP contribution is -2.69. The van der Waals surface area contributed by atoms with Crippen LogP contribution in [-0.4, -0.2) is 34.7 Å². The molecule has 18 heavy (non-hydrogen) atoms. The van der Waals surface area contributed by atoms with Crippen molar-refractivity contribution < 1.29 is 9.90 Å². The third kappa shape index (κ3) is 2.28. The molecular weight excluding hydrogens is 228 g/mol. The molecule has 1 aliphatic heterocycles. The maximum absolute atomic E-state index is 11.6. The van der Waals surface area contributed by atoms with Crippen molar-refractivity contribution in [3.05, 3.63) is 0 Å². The molecule has 4 heteroatoms. The van der Waals surface area contributed by atoms with Crippen molar-refractivity contribution in [1.29, 1.82) is 0 Å². The molecule has 102 valence electrons. The molecule has 0 aromatic carbocycles. The van der Waals surface area contributed by atoms with E-state index in [2.05, 4.69) is 10.6 Å². The van der Waals surface area contributed by atoms with Gasteiger partial charge >= 0.3 is 0 Å². The number of hydrogen-bond donors (Lipinski definition) is 3. The van der Waals surface area contributed by atoms with Gasteiger partial charge in [0.1, 0.15) is 0 Å². The smallest absolute Gasteiger partial charge is 0.220 e. The summed E-state index contributed by atoms with van der Waals surface area (Å²) in [5.41, 5.74) is 0.0609. The van der Waals surface area contributed by atoms with E-state index in [1.165, 1.54) is 6.42 Å². The maximum atomic E-state index is 11.6. The maximum Gasteiger partial charge on any atom is 0.220 e. The van der Waals surface area contributed by atoms with E-state index < -0.39 is 0 Å².